The summed E-state index contributed by atoms with van der Waals surface area (Å²) in [5.41, 5.74) is 5.72. The van der Waals surface area contributed by atoms with E-state index in [-0.39, 0.29) is 19.1 Å². The van der Waals surface area contributed by atoms with Crippen LogP contribution in [-0.2, 0) is 4.74 Å². The van der Waals surface area contributed by atoms with E-state index in [9.17, 15) is 13.6 Å². The Kier molecular flexibility index (Phi) is 5.28. The van der Waals surface area contributed by atoms with Crippen LogP contribution in [0.2, 0.25) is 0 Å². The molecule has 0 saturated carbocycles. The Balaban J connectivity index is 2.23. The Morgan fingerprint density at radius 1 is 1.53 bits per heavy atom. The molecule has 1 heterocycles. The number of pyridine rings is 1. The molecular formula is C10H13F2N3O2. The molecule has 0 saturated heterocycles. The van der Waals surface area contributed by atoms with E-state index in [1.807, 2.05) is 0 Å². The van der Waals surface area contributed by atoms with Crippen molar-refractivity contribution in [2.24, 2.45) is 0 Å². The SMILES string of the molecule is Nc1ccc(C(=O)NCCOCC(F)F)cn1. The third-order valence-corrected chi connectivity index (χ3v) is 1.82. The van der Waals surface area contributed by atoms with Gasteiger partial charge < -0.3 is 15.8 Å². The number of hydrogen-bond acceptors (Lipinski definition) is 4. The first kappa shape index (κ1) is 13.3. The van der Waals surface area contributed by atoms with Gasteiger partial charge in [0.05, 0.1) is 12.2 Å². The molecule has 0 aliphatic carbocycles. The Labute approximate surface area is 97.0 Å². The van der Waals surface area contributed by atoms with E-state index in [4.69, 9.17) is 5.73 Å². The number of halogens is 2. The lowest BCUT2D eigenvalue weighted by atomic mass is 10.2. The van der Waals surface area contributed by atoms with Gasteiger partial charge in [0, 0.05) is 12.7 Å². The summed E-state index contributed by atoms with van der Waals surface area (Å²) in [6, 6.07) is 3.03. The number of amides is 1. The number of nitrogens with one attached hydrogen (secondary N) is 1. The fourth-order valence-electron chi connectivity index (χ4n) is 1.05. The molecule has 0 spiro atoms. The number of nitrogen functional groups attached to an aromatic ring is 1. The lowest BCUT2D eigenvalue weighted by Crippen LogP contribution is -2.27. The largest absolute Gasteiger partial charge is 0.384 e. The van der Waals surface area contributed by atoms with Crippen molar-refractivity contribution in [3.8, 4) is 0 Å². The molecular weight excluding hydrogens is 232 g/mol. The average molecular weight is 245 g/mol. The van der Waals surface area contributed by atoms with Crippen LogP contribution in [0.5, 0.6) is 0 Å². The van der Waals surface area contributed by atoms with Crippen molar-refractivity contribution in [1.82, 2.24) is 10.3 Å². The van der Waals surface area contributed by atoms with Crippen molar-refractivity contribution in [2.45, 2.75) is 6.43 Å². The predicted octanol–water partition coefficient (Wildman–Crippen LogP) is 0.675. The second kappa shape index (κ2) is 6.74. The van der Waals surface area contributed by atoms with E-state index in [0.717, 1.165) is 0 Å². The summed E-state index contributed by atoms with van der Waals surface area (Å²) in [6.07, 6.45) is -1.16. The number of hydrogen-bond donors (Lipinski definition) is 2. The Bertz CT molecular complexity index is 357. The van der Waals surface area contributed by atoms with Gasteiger partial charge in [0.2, 0.25) is 0 Å². The van der Waals surface area contributed by atoms with Crippen LogP contribution in [0, 0.1) is 0 Å². The maximum absolute atomic E-state index is 11.7. The van der Waals surface area contributed by atoms with Crippen LogP contribution in [0.25, 0.3) is 0 Å². The molecule has 1 rings (SSSR count). The fraction of sp³-hybridized carbons (Fsp3) is 0.400. The first-order chi connectivity index (χ1) is 8.09. The van der Waals surface area contributed by atoms with Gasteiger partial charge in [-0.1, -0.05) is 0 Å². The number of nitrogens with zero attached hydrogens (tertiary/aromatic N) is 1. The van der Waals surface area contributed by atoms with Crippen LogP contribution in [0.4, 0.5) is 14.6 Å². The Morgan fingerprint density at radius 3 is 2.88 bits per heavy atom. The zero-order valence-corrected chi connectivity index (χ0v) is 9.03. The number of alkyl halides is 2. The number of aromatic nitrogens is 1. The van der Waals surface area contributed by atoms with Gasteiger partial charge in [-0.2, -0.15) is 0 Å². The van der Waals surface area contributed by atoms with Crippen LogP contribution in [0.1, 0.15) is 10.4 Å². The molecule has 1 amide bonds. The number of nitrogens with two attached hydrogens (primary N) is 1. The maximum atomic E-state index is 11.7. The summed E-state index contributed by atoms with van der Waals surface area (Å²) >= 11 is 0. The average Bonchev–Trinajstić information content (AvgIpc) is 2.29. The highest BCUT2D eigenvalue weighted by atomic mass is 19.3. The molecule has 5 nitrogen and oxygen atoms in total. The Hall–Kier alpha value is -1.76. The molecule has 0 atom stereocenters. The van der Waals surface area contributed by atoms with E-state index in [1.54, 1.807) is 0 Å². The Morgan fingerprint density at radius 2 is 2.29 bits per heavy atom. The summed E-state index contributed by atoms with van der Waals surface area (Å²) in [6.45, 7) is -0.423. The highest BCUT2D eigenvalue weighted by molar-refractivity contribution is 5.93. The highest BCUT2D eigenvalue weighted by Gasteiger charge is 2.05. The lowest BCUT2D eigenvalue weighted by Gasteiger charge is -2.06. The standard InChI is InChI=1S/C10H13F2N3O2/c11-8(12)6-17-4-3-14-10(16)7-1-2-9(13)15-5-7/h1-2,5,8H,3-4,6H2,(H2,13,15)(H,14,16). The van der Waals surface area contributed by atoms with E-state index in [1.165, 1.54) is 18.3 Å². The minimum atomic E-state index is -2.49. The second-order valence-corrected chi connectivity index (χ2v) is 3.19. The van der Waals surface area contributed by atoms with Crippen LogP contribution < -0.4 is 11.1 Å². The number of anilines is 1. The topological polar surface area (TPSA) is 77.2 Å². The molecule has 94 valence electrons. The molecule has 17 heavy (non-hydrogen) atoms. The van der Waals surface area contributed by atoms with Crippen molar-refractivity contribution in [1.29, 1.82) is 0 Å². The van der Waals surface area contributed by atoms with Crippen molar-refractivity contribution < 1.29 is 18.3 Å². The van der Waals surface area contributed by atoms with Gasteiger partial charge in [0.25, 0.3) is 12.3 Å². The maximum Gasteiger partial charge on any atom is 0.261 e. The molecule has 0 radical (unpaired) electrons. The van der Waals surface area contributed by atoms with Gasteiger partial charge >= 0.3 is 0 Å². The van der Waals surface area contributed by atoms with E-state index in [0.29, 0.717) is 11.4 Å². The van der Waals surface area contributed by atoms with Crippen LogP contribution in [0.3, 0.4) is 0 Å². The predicted molar refractivity (Wildman–Crippen MR) is 57.8 cm³/mol. The molecule has 0 fully saturated rings. The first-order valence-electron chi connectivity index (χ1n) is 4.95. The quantitative estimate of drug-likeness (QED) is 0.722. The van der Waals surface area contributed by atoms with Crippen molar-refractivity contribution >= 4 is 11.7 Å². The van der Waals surface area contributed by atoms with E-state index < -0.39 is 13.0 Å². The first-order valence-corrected chi connectivity index (χ1v) is 4.95. The summed E-state index contributed by atoms with van der Waals surface area (Å²) in [5.74, 6) is -0.0278. The van der Waals surface area contributed by atoms with Gasteiger partial charge in [-0.05, 0) is 12.1 Å². The van der Waals surface area contributed by atoms with Crippen LogP contribution >= 0.6 is 0 Å². The second-order valence-electron chi connectivity index (χ2n) is 3.19. The molecule has 0 bridgehead atoms. The van der Waals surface area contributed by atoms with E-state index >= 15 is 0 Å². The fourth-order valence-corrected chi connectivity index (χ4v) is 1.05. The summed E-state index contributed by atoms with van der Waals surface area (Å²) in [5, 5.41) is 2.50. The highest BCUT2D eigenvalue weighted by Crippen LogP contribution is 2.00. The summed E-state index contributed by atoms with van der Waals surface area (Å²) < 4.78 is 28.0. The molecule has 0 aromatic carbocycles. The monoisotopic (exact) mass is 245 g/mol. The van der Waals surface area contributed by atoms with Gasteiger partial charge in [0.1, 0.15) is 12.4 Å². The minimum absolute atomic E-state index is 0.0402. The zero-order valence-electron chi connectivity index (χ0n) is 9.03. The molecule has 1 aromatic rings. The third kappa shape index (κ3) is 5.21. The molecule has 7 heteroatoms. The molecule has 0 aliphatic heterocycles. The van der Waals surface area contributed by atoms with Crippen molar-refractivity contribution in [2.75, 3.05) is 25.5 Å². The van der Waals surface area contributed by atoms with Gasteiger partial charge in [0.15, 0.2) is 0 Å². The summed E-state index contributed by atoms with van der Waals surface area (Å²) in [7, 11) is 0. The number of carbonyl (C=O) groups excluding carboxylic acids is 1. The van der Waals surface area contributed by atoms with Gasteiger partial charge in [-0.3, -0.25) is 4.79 Å². The van der Waals surface area contributed by atoms with E-state index in [2.05, 4.69) is 15.0 Å². The van der Waals surface area contributed by atoms with Gasteiger partial charge in [-0.15, -0.1) is 0 Å². The molecule has 0 unspecified atom stereocenters. The van der Waals surface area contributed by atoms with Crippen molar-refractivity contribution in [3.05, 3.63) is 23.9 Å². The third-order valence-electron chi connectivity index (χ3n) is 1.82. The number of carbonyl (C=O) groups is 1. The van der Waals surface area contributed by atoms with Gasteiger partial charge in [-0.25, -0.2) is 13.8 Å². The smallest absolute Gasteiger partial charge is 0.261 e. The zero-order chi connectivity index (χ0) is 12.7. The van der Waals surface area contributed by atoms with Crippen LogP contribution in [0.15, 0.2) is 18.3 Å². The molecule has 1 aromatic heterocycles. The van der Waals surface area contributed by atoms with Crippen molar-refractivity contribution in [3.63, 3.8) is 0 Å². The normalized spacial score (nSPS) is 10.5. The number of ether oxygens (including phenoxy) is 1. The molecule has 3 N–H and O–H groups in total. The number of rotatable bonds is 6. The minimum Gasteiger partial charge on any atom is -0.384 e. The summed E-state index contributed by atoms with van der Waals surface area (Å²) in [4.78, 5) is 15.2. The lowest BCUT2D eigenvalue weighted by molar-refractivity contribution is 0.0188. The molecule has 0 aliphatic rings. The van der Waals surface area contributed by atoms with Crippen LogP contribution in [-0.4, -0.2) is 37.1 Å².